The number of nitrogens with one attached hydrogen (secondary N) is 2. The number of nitrogens with two attached hydrogens (primary N) is 1. The van der Waals surface area contributed by atoms with Crippen LogP contribution in [0.3, 0.4) is 0 Å². The number of esters is 1. The molecule has 12 atom stereocenters. The summed E-state index contributed by atoms with van der Waals surface area (Å²) in [6.45, 7) is 1.43. The molecule has 376 valence electrons. The Kier molecular flexibility index (Phi) is 11.6. The molecule has 22 nitrogen and oxygen atoms in total. The normalized spacial score (nSPS) is 33.6. The Morgan fingerprint density at radius 1 is 0.972 bits per heavy atom. The monoisotopic (exact) mass is 993 g/mol. The number of phenols is 3. The molecule has 4 bridgehead atoms. The molecule has 2 spiro atoms. The molecular formula is C50H47N3O19. The van der Waals surface area contributed by atoms with Crippen molar-refractivity contribution in [1.29, 1.82) is 0 Å². The maximum Gasteiger partial charge on any atom is 0.351 e. The van der Waals surface area contributed by atoms with Crippen molar-refractivity contribution in [3.05, 3.63) is 104 Å². The van der Waals surface area contributed by atoms with Crippen molar-refractivity contribution in [1.82, 2.24) is 10.3 Å². The molecule has 0 saturated carbocycles. The summed E-state index contributed by atoms with van der Waals surface area (Å²) in [5.41, 5.74) is -2.48. The number of fused-ring (bicyclic) bond motifs is 6. The first kappa shape index (κ1) is 48.4. The number of ether oxygens (including phenoxy) is 4. The van der Waals surface area contributed by atoms with Crippen LogP contribution in [0.25, 0.3) is 22.3 Å². The van der Waals surface area contributed by atoms with E-state index in [0.717, 1.165) is 18.2 Å². The Morgan fingerprint density at radius 2 is 1.75 bits per heavy atom. The predicted octanol–water partition coefficient (Wildman–Crippen LogP) is -0.921. The average molecular weight is 994 g/mol. The molecule has 0 amide bonds. The predicted molar refractivity (Wildman–Crippen MR) is 244 cm³/mol. The highest BCUT2D eigenvalue weighted by Gasteiger charge is 2.75. The number of hydrogen-bond donors (Lipinski definition) is 14. The molecule has 22 heteroatoms. The van der Waals surface area contributed by atoms with Crippen LogP contribution in [-0.2, 0) is 36.6 Å². The van der Waals surface area contributed by atoms with Crippen molar-refractivity contribution in [3.63, 3.8) is 0 Å². The van der Waals surface area contributed by atoms with Crippen LogP contribution in [0.1, 0.15) is 54.5 Å². The molecule has 2 aromatic heterocycles. The fourth-order valence-electron chi connectivity index (χ4n) is 10.3. The van der Waals surface area contributed by atoms with Crippen molar-refractivity contribution in [3.8, 4) is 58.0 Å². The van der Waals surface area contributed by atoms with Crippen LogP contribution in [0.5, 0.6) is 23.0 Å². The fourth-order valence-corrected chi connectivity index (χ4v) is 10.3. The molecule has 11 rings (SSSR count). The lowest BCUT2D eigenvalue weighted by atomic mass is 9.67. The number of hydrogen-bond acceptors (Lipinski definition) is 20. The third-order valence-electron chi connectivity index (χ3n) is 14.3. The highest BCUT2D eigenvalue weighted by Crippen LogP contribution is 2.56. The minimum Gasteiger partial charge on any atom is -0.507 e. The van der Waals surface area contributed by atoms with Crippen LogP contribution in [0.2, 0.25) is 0 Å². The van der Waals surface area contributed by atoms with E-state index in [-0.39, 0.29) is 51.8 Å². The van der Waals surface area contributed by atoms with Gasteiger partial charge in [0.15, 0.2) is 23.0 Å². The molecule has 6 aliphatic heterocycles. The Labute approximate surface area is 406 Å². The molecule has 4 aromatic rings. The maximum atomic E-state index is 15.2. The number of phenolic OH excluding ortho intramolecular Hbond substituents is 3. The Morgan fingerprint density at radius 3 is 2.49 bits per heavy atom. The summed E-state index contributed by atoms with van der Waals surface area (Å²) < 4.78 is 31.0. The SMILES string of the molecule is CCC1=CC([C@H]2C=C3Cc4[nH]ccc4C#CC[C@]4(O)[C@H](O)[C@@H](O)[C@@]3(Oc3cc5oc(-c6cc(O)c(O)c(CCO)c6)cc(=O)c5c(O)c32)O[C@@]42CC#C[C@]3(C(=O)O)O[C@H](OC2=O)[C@H](O)[C@@H](O)[C@@H]3O)=CNC1N. The smallest absolute Gasteiger partial charge is 0.351 e. The zero-order valence-corrected chi connectivity index (χ0v) is 37.8. The average Bonchev–Trinajstić information content (AvgIpc) is 3.75. The molecule has 0 radical (unpaired) electrons. The number of benzene rings is 2. The number of dihydropyridines is 1. The number of aliphatic carboxylic acids is 1. The summed E-state index contributed by atoms with van der Waals surface area (Å²) >= 11 is 0. The van der Waals surface area contributed by atoms with Gasteiger partial charge in [0.1, 0.15) is 58.2 Å². The van der Waals surface area contributed by atoms with E-state index in [1.54, 1.807) is 24.5 Å². The van der Waals surface area contributed by atoms with Gasteiger partial charge in [-0.05, 0) is 42.2 Å². The number of aliphatic hydroxyl groups excluding tert-OH is 6. The van der Waals surface area contributed by atoms with E-state index in [1.165, 1.54) is 12.1 Å². The van der Waals surface area contributed by atoms with E-state index < -0.39 is 131 Å². The molecule has 2 fully saturated rings. The second-order valence-electron chi connectivity index (χ2n) is 18.4. The van der Waals surface area contributed by atoms with E-state index in [1.807, 2.05) is 6.92 Å². The number of H-pyrrole nitrogens is 1. The van der Waals surface area contributed by atoms with Crippen molar-refractivity contribution < 1.29 is 89.1 Å². The van der Waals surface area contributed by atoms with Gasteiger partial charge in [-0.25, -0.2) is 9.59 Å². The van der Waals surface area contributed by atoms with E-state index in [4.69, 9.17) is 29.1 Å². The maximum absolute atomic E-state index is 15.2. The van der Waals surface area contributed by atoms with E-state index in [0.29, 0.717) is 28.8 Å². The number of allylic oxidation sites excluding steroid dienone is 3. The summed E-state index contributed by atoms with van der Waals surface area (Å²) in [5, 5.41) is 128. The lowest BCUT2D eigenvalue weighted by molar-refractivity contribution is -0.378. The van der Waals surface area contributed by atoms with Gasteiger partial charge in [-0.1, -0.05) is 42.8 Å². The zero-order valence-electron chi connectivity index (χ0n) is 37.8. The number of carboxylic acid groups (broad SMARTS) is 1. The summed E-state index contributed by atoms with van der Waals surface area (Å²) in [7, 11) is 0. The van der Waals surface area contributed by atoms with Crippen molar-refractivity contribution in [2.45, 2.75) is 111 Å². The van der Waals surface area contributed by atoms with Gasteiger partial charge in [0.05, 0.1) is 12.6 Å². The third kappa shape index (κ3) is 7.03. The molecule has 72 heavy (non-hydrogen) atoms. The second kappa shape index (κ2) is 17.2. The minimum atomic E-state index is -3.15. The highest BCUT2D eigenvalue weighted by atomic mass is 16.8. The van der Waals surface area contributed by atoms with Crippen LogP contribution in [0, 0.1) is 23.7 Å². The molecule has 2 aromatic carbocycles. The first-order chi connectivity index (χ1) is 34.2. The number of aromatic amines is 1. The van der Waals surface area contributed by atoms with Gasteiger partial charge in [-0.2, -0.15) is 0 Å². The molecule has 1 aliphatic carbocycles. The van der Waals surface area contributed by atoms with Crippen LogP contribution in [-0.4, -0.2) is 145 Å². The quantitative estimate of drug-likeness (QED) is 0.0481. The Balaban J connectivity index is 1.27. The van der Waals surface area contributed by atoms with Gasteiger partial charge in [0.2, 0.25) is 11.9 Å². The number of rotatable bonds is 6. The van der Waals surface area contributed by atoms with Crippen molar-refractivity contribution in [2.75, 3.05) is 6.61 Å². The van der Waals surface area contributed by atoms with Crippen molar-refractivity contribution in [2.24, 2.45) is 5.73 Å². The van der Waals surface area contributed by atoms with E-state index in [9.17, 15) is 65.8 Å². The summed E-state index contributed by atoms with van der Waals surface area (Å²) in [5.74, 6) is -0.0591. The summed E-state index contributed by atoms with van der Waals surface area (Å²) in [6, 6.07) is 6.24. The first-order valence-corrected chi connectivity index (χ1v) is 22.7. The van der Waals surface area contributed by atoms with Gasteiger partial charge < -0.3 is 95.6 Å². The fraction of sp³-hybridized carbons (Fsp3) is 0.380. The standard InChI is InChI=1S/C50H47N3O19/c1-2-21-13-25(20-53-43(21)51)27-16-26-17-28-22(6-11-52-28)5-3-9-48(67)41(62)42(63)50(26,72-49(48)10-4-8-47(45(64)65)40(61)38(59)39(60)44(71-47)69-46(49)66)70-33-19-32-35(37(58)34(27)33)29(55)18-31(68-32)24-14-23(7-12-54)36(57)30(56)15-24/h6,11,13-16,18-20,27,38-44,52-54,56-63,67H,2,7,9-10,12,17,51H2,1H3,(H,64,65)/t27-,38-,39-,40+,41-,42-,43?,44+,47+,48+,49-,50+/m1/s1. The van der Waals surface area contributed by atoms with Gasteiger partial charge in [-0.15, -0.1) is 0 Å². The van der Waals surface area contributed by atoms with Crippen LogP contribution in [0.4, 0.5) is 0 Å². The van der Waals surface area contributed by atoms with E-state index >= 15 is 4.79 Å². The van der Waals surface area contributed by atoms with Crippen LogP contribution < -0.4 is 21.2 Å². The Hall–Kier alpha value is -7.19. The number of aliphatic hydroxyl groups is 7. The molecule has 15 N–H and O–H groups in total. The first-order valence-electron chi connectivity index (χ1n) is 22.7. The highest BCUT2D eigenvalue weighted by molar-refractivity contribution is 5.90. The molecule has 8 heterocycles. The number of carbonyl (C=O) groups excluding carboxylic acids is 1. The molecule has 2 saturated heterocycles. The topological polar surface area (TPSA) is 378 Å². The number of carboxylic acids is 1. The van der Waals surface area contributed by atoms with Gasteiger partial charge in [0.25, 0.3) is 11.4 Å². The molecular weight excluding hydrogens is 947 g/mol. The van der Waals surface area contributed by atoms with E-state index in [2.05, 4.69) is 34.0 Å². The minimum absolute atomic E-state index is 0.0569. The zero-order chi connectivity index (χ0) is 51.4. The lowest BCUT2D eigenvalue weighted by Gasteiger charge is -2.57. The molecule has 7 aliphatic rings. The Bertz CT molecular complexity index is 3260. The number of carbonyl (C=O) groups is 2. The second-order valence-corrected chi connectivity index (χ2v) is 18.4. The lowest BCUT2D eigenvalue weighted by Crippen LogP contribution is -2.80. The van der Waals surface area contributed by atoms with Gasteiger partial charge in [0, 0.05) is 83.4 Å². The van der Waals surface area contributed by atoms with Crippen molar-refractivity contribution >= 4 is 22.9 Å². The largest absolute Gasteiger partial charge is 0.507 e. The van der Waals surface area contributed by atoms with Crippen LogP contribution in [0.15, 0.2) is 80.8 Å². The van der Waals surface area contributed by atoms with Gasteiger partial charge >= 0.3 is 11.9 Å². The van der Waals surface area contributed by atoms with Gasteiger partial charge in [-0.3, -0.25) is 4.79 Å². The summed E-state index contributed by atoms with van der Waals surface area (Å²) in [4.78, 5) is 45.4. The van der Waals surface area contributed by atoms with Crippen LogP contribution >= 0.6 is 0 Å². The number of aromatic hydroxyl groups is 3. The third-order valence-corrected chi connectivity index (χ3v) is 14.3. The molecule has 1 unspecified atom stereocenters. The number of aromatic nitrogens is 1. The summed E-state index contributed by atoms with van der Waals surface area (Å²) in [6.07, 6.45) is -11.0.